The minimum atomic E-state index is -2.67. The van der Waals surface area contributed by atoms with E-state index in [4.69, 9.17) is 21.7 Å². The Balaban J connectivity index is 0.000000172. The zero-order chi connectivity index (χ0) is 99.2. The van der Waals surface area contributed by atoms with Crippen molar-refractivity contribution in [2.24, 2.45) is 66.6 Å². The van der Waals surface area contributed by atoms with Crippen molar-refractivity contribution in [1.29, 1.82) is 0 Å². The molecule has 31 nitrogen and oxygen atoms in total. The lowest BCUT2D eigenvalue weighted by Crippen LogP contribution is -2.68. The van der Waals surface area contributed by atoms with Gasteiger partial charge in [0, 0.05) is 88.7 Å². The number of alkyl halides is 2. The molecular formula is C100H158F2N10O21S. The third-order valence-corrected chi connectivity index (χ3v) is 33.6. The zero-order valence-electron chi connectivity index (χ0n) is 81.8. The summed E-state index contributed by atoms with van der Waals surface area (Å²) >= 11 is 4.16. The summed E-state index contributed by atoms with van der Waals surface area (Å²) in [6.07, 6.45) is 34.3. The van der Waals surface area contributed by atoms with Crippen LogP contribution in [0.25, 0.3) is 0 Å². The van der Waals surface area contributed by atoms with Gasteiger partial charge in [-0.25, -0.2) is 8.78 Å². The molecule has 7 aliphatic heterocycles. The van der Waals surface area contributed by atoms with E-state index in [9.17, 15) is 101 Å². The highest BCUT2D eigenvalue weighted by Gasteiger charge is 2.62. The molecule has 16 rings (SSSR count). The van der Waals surface area contributed by atoms with Crippen LogP contribution in [0.15, 0.2) is 0 Å². The second kappa shape index (κ2) is 46.6. The number of aliphatic hydroxyl groups excluding tert-OH is 4. The average Bonchev–Trinajstić information content (AvgIpc) is 0.719. The Bertz CT molecular complexity index is 4170. The standard InChI is InChI=1S/C14H22N2O3.C13H19F2NO3.C13H22N2O3.C13H21NO3.C12H19NO3.C12H19NO2S.C12H19NO2.C11H17NO2/c1-10(17)11(5-6-12(15)18)16-9-14(13(16)19)7-3-2-4-8-14;1-8(17)10(9(2)18)16-7-12(11(16)19)3-5-13(14,15)6-4-12;1-8(16)11(12(14)18)15-9-2-5-13(6-3-9)7-4-10(13)17;1-9-3-5-13(6-4-9)8-14(12(13)17)11(7-15)10(2)16;1-9(15)10(7-14)13-8-12(11(13)16)5-3-2-4-6-12;1-9(14)10(7-16)13-8-12(11(13)15)5-3-2-4-6-12;1-9-3-5-12(6-4-9)8-13(11(12)15)7-10(2)14;1-9(13)7-12-8-11(10(12)14)5-3-2-4-6-11/h11H,2-9H2,1H3,(H2,15,18);8,10,17H,3-7H2,1-2H3;8-9,11,15-16H,2-7H2,1H3,(H2,14,18);9,11,15H,3-8H2,1-2H3;10,14H,2-8H2,1H3;10,16H,2-8H2,1H3;9H,3-8H2,1-2H3;2-8H2,1H3/t;8-,10?;8-,9?,11+,13?;;;;;/m.11...../s1. The molecule has 0 aromatic rings. The molecule has 34 heteroatoms. The molecule has 9 amide bonds. The molecule has 5 unspecified atom stereocenters. The Hall–Kier alpha value is -7.40. The van der Waals surface area contributed by atoms with Crippen molar-refractivity contribution >= 4 is 112 Å². The second-order valence-electron chi connectivity index (χ2n) is 43.4. The van der Waals surface area contributed by atoms with Crippen LogP contribution < -0.4 is 16.8 Å². The molecule has 8 spiro atoms. The first kappa shape index (κ1) is 110. The minimum Gasteiger partial charge on any atom is -0.394 e. The van der Waals surface area contributed by atoms with Crippen LogP contribution in [0.3, 0.4) is 0 Å². The predicted octanol–water partition coefficient (Wildman–Crippen LogP) is 8.82. The highest BCUT2D eigenvalue weighted by atomic mass is 32.1. The Labute approximate surface area is 796 Å². The molecule has 9 N–H and O–H groups in total. The number of aliphatic hydroxyl groups is 4. The SMILES string of the molecule is CC(=O)C(CCC(N)=O)N1CC2(CCCCC2)C1=O.CC(=O)C(CO)N1CC2(CCC(C)CC2)C1=O.CC(=O)C(CO)N1CC2(CCCCC2)C1=O.CC(=O)C(CS)N1CC2(CCCCC2)C1=O.CC(=O)C([C@@H](C)O)N1CC2(CCC(F)(F)CC2)C1=O.CC(=O)CN1CC2(CCC(C)CC2)C1=O.CC(=O)CN1CC2(CCCCC2)C1=O.C[C@@H](O)[C@H](NC1CCC2(CCC2=O)CC1)C(N)=O. The molecule has 0 aromatic heterocycles. The van der Waals surface area contributed by atoms with Gasteiger partial charge in [0.2, 0.25) is 59.1 Å². The number of hydrogen-bond acceptors (Lipinski definition) is 23. The molecule has 0 radical (unpaired) electrons. The van der Waals surface area contributed by atoms with Gasteiger partial charge in [0.15, 0.2) is 28.9 Å². The van der Waals surface area contributed by atoms with Crippen molar-refractivity contribution in [1.82, 2.24) is 39.6 Å². The number of nitrogens with two attached hydrogens (primary N) is 2. The van der Waals surface area contributed by atoms with E-state index in [1.165, 1.54) is 90.9 Å². The summed E-state index contributed by atoms with van der Waals surface area (Å²) in [6, 6.07) is -3.36. The molecule has 0 bridgehead atoms. The number of primary amides is 2. The normalized spacial score (nSPS) is 26.0. The number of thiol groups is 1. The number of carbonyl (C=O) groups is 17. The van der Waals surface area contributed by atoms with E-state index in [-0.39, 0.29) is 177 Å². The van der Waals surface area contributed by atoms with Gasteiger partial charge < -0.3 is 71.5 Å². The maximum atomic E-state index is 13.1. The van der Waals surface area contributed by atoms with Crippen molar-refractivity contribution in [3.8, 4) is 0 Å². The smallest absolute Gasteiger partial charge is 0.248 e. The predicted molar refractivity (Wildman–Crippen MR) is 498 cm³/mol. The number of carbonyl (C=O) groups excluding carboxylic acids is 17. The molecule has 16 fully saturated rings. The van der Waals surface area contributed by atoms with Crippen LogP contribution in [-0.4, -0.2) is 292 Å². The Kier molecular flexibility index (Phi) is 38.3. The van der Waals surface area contributed by atoms with Crippen LogP contribution in [0, 0.1) is 55.2 Å². The number of rotatable bonds is 25. The highest BCUT2D eigenvalue weighted by molar-refractivity contribution is 7.80. The van der Waals surface area contributed by atoms with Crippen molar-refractivity contribution in [3.63, 3.8) is 0 Å². The Morgan fingerprint density at radius 3 is 0.955 bits per heavy atom. The average molecular weight is 1910 g/mol. The first-order chi connectivity index (χ1) is 63.0. The maximum Gasteiger partial charge on any atom is 0.248 e. The van der Waals surface area contributed by atoms with Crippen molar-refractivity contribution in [2.45, 2.75) is 393 Å². The lowest BCUT2D eigenvalue weighted by Gasteiger charge is -2.54. The highest BCUT2D eigenvalue weighted by Crippen LogP contribution is 2.55. The van der Waals surface area contributed by atoms with E-state index in [2.05, 4.69) is 31.8 Å². The number of nitrogens with zero attached hydrogens (tertiary/aromatic N) is 7. The van der Waals surface area contributed by atoms with Gasteiger partial charge in [-0.05, 0) is 228 Å². The fourth-order valence-electron chi connectivity index (χ4n) is 24.3. The van der Waals surface area contributed by atoms with Crippen LogP contribution in [-0.2, 0) is 81.5 Å². The number of halogens is 2. The quantitative estimate of drug-likeness (QED) is 0.0312. The number of β-lactam (4-membered cyclic amide) rings is 7. The minimum absolute atomic E-state index is 0.0479. The largest absolute Gasteiger partial charge is 0.394 e. The fraction of sp³-hybridized carbons (Fsp3) is 0.830. The van der Waals surface area contributed by atoms with Crippen LogP contribution in [0.2, 0.25) is 0 Å². The molecule has 7 heterocycles. The molecule has 9 aliphatic carbocycles. The lowest BCUT2D eigenvalue weighted by atomic mass is 9.59. The van der Waals surface area contributed by atoms with Gasteiger partial charge in [-0.15, -0.1) is 0 Å². The van der Waals surface area contributed by atoms with Crippen LogP contribution in [0.4, 0.5) is 8.78 Å². The van der Waals surface area contributed by atoms with Crippen molar-refractivity contribution in [3.05, 3.63) is 0 Å². The van der Waals surface area contributed by atoms with E-state index in [0.717, 1.165) is 192 Å². The second-order valence-corrected chi connectivity index (χ2v) is 43.8. The monoisotopic (exact) mass is 1910 g/mol. The topological polar surface area (TPSA) is 458 Å². The molecule has 7 saturated heterocycles. The van der Waals surface area contributed by atoms with Gasteiger partial charge >= 0.3 is 0 Å². The van der Waals surface area contributed by atoms with Crippen molar-refractivity contribution in [2.75, 3.05) is 77.9 Å². The third kappa shape index (κ3) is 25.2. The lowest BCUT2D eigenvalue weighted by molar-refractivity contribution is -0.182. The van der Waals surface area contributed by atoms with E-state index < -0.39 is 65.6 Å². The summed E-state index contributed by atoms with van der Waals surface area (Å²) in [5.74, 6) is -0.984. The number of nitrogens with one attached hydrogen (secondary N) is 1. The van der Waals surface area contributed by atoms with Gasteiger partial charge in [0.25, 0.3) is 0 Å². The molecular weight excluding hydrogens is 1750 g/mol. The maximum absolute atomic E-state index is 13.1. The van der Waals surface area contributed by atoms with E-state index in [0.29, 0.717) is 63.1 Å². The van der Waals surface area contributed by atoms with Gasteiger partial charge in [0.05, 0.1) is 88.5 Å². The zero-order valence-corrected chi connectivity index (χ0v) is 82.7. The first-order valence-electron chi connectivity index (χ1n) is 50.1. The van der Waals surface area contributed by atoms with E-state index in [1.54, 1.807) is 57.1 Å². The van der Waals surface area contributed by atoms with E-state index in [1.807, 2.05) is 0 Å². The van der Waals surface area contributed by atoms with Crippen molar-refractivity contribution < 1.29 is 111 Å². The number of Topliss-reactive ketones (excluding diaryl/α,β-unsaturated/α-hetero) is 8. The summed E-state index contributed by atoms with van der Waals surface area (Å²) < 4.78 is 26.3. The van der Waals surface area contributed by atoms with Crippen LogP contribution in [0.5, 0.6) is 0 Å². The van der Waals surface area contributed by atoms with E-state index >= 15 is 0 Å². The molecule has 9 saturated carbocycles. The summed E-state index contributed by atoms with van der Waals surface area (Å²) in [6.45, 7) is 22.6. The number of likely N-dealkylation sites (tertiary alicyclic amines) is 7. The van der Waals surface area contributed by atoms with Gasteiger partial charge in [-0.1, -0.05) is 90.9 Å². The molecule has 754 valence electrons. The first-order valence-corrected chi connectivity index (χ1v) is 50.7. The Morgan fingerprint density at radius 2 is 0.694 bits per heavy atom. The molecule has 8 atom stereocenters. The molecule has 0 aromatic carbocycles. The van der Waals surface area contributed by atoms with Gasteiger partial charge in [-0.3, -0.25) is 81.5 Å². The van der Waals surface area contributed by atoms with Crippen LogP contribution in [0.1, 0.15) is 333 Å². The summed E-state index contributed by atoms with van der Waals surface area (Å²) in [5.41, 5.74) is 8.81. The summed E-state index contributed by atoms with van der Waals surface area (Å²) in [4.78, 5) is 209. The molecule has 134 heavy (non-hydrogen) atoms. The third-order valence-electron chi connectivity index (χ3n) is 33.2. The van der Waals surface area contributed by atoms with Gasteiger partial charge in [0.1, 0.15) is 41.5 Å². The fourth-order valence-corrected chi connectivity index (χ4v) is 24.8. The number of ketones is 8. The Morgan fingerprint density at radius 1 is 0.388 bits per heavy atom. The van der Waals surface area contributed by atoms with Crippen LogP contribution >= 0.6 is 12.6 Å². The summed E-state index contributed by atoms with van der Waals surface area (Å²) in [7, 11) is 0. The number of hydrogen-bond donors (Lipinski definition) is 8. The number of amides is 9. The molecule has 16 aliphatic rings. The van der Waals surface area contributed by atoms with Gasteiger partial charge in [-0.2, -0.15) is 12.6 Å². The summed E-state index contributed by atoms with van der Waals surface area (Å²) in [5, 5.41) is 40.5.